The fraction of sp³-hybridized carbons (Fsp3) is 0.448. The average molecular weight is 470 g/mol. The number of likely N-dealkylation sites (N-methyl/N-ethyl adjacent to an activating group) is 1. The molecule has 0 aromatic heterocycles. The van der Waals surface area contributed by atoms with E-state index in [1.165, 1.54) is 28.0 Å². The van der Waals surface area contributed by atoms with Gasteiger partial charge < -0.3 is 20.0 Å². The Balaban J connectivity index is 1.11. The van der Waals surface area contributed by atoms with E-state index < -0.39 is 0 Å². The third-order valence-electron chi connectivity index (χ3n) is 7.69. The molecule has 0 spiro atoms. The number of piperidine rings is 1. The highest BCUT2D eigenvalue weighted by molar-refractivity contribution is 5.89. The number of carbonyl (C=O) groups excluding carboxylic acids is 1. The molecule has 6 heteroatoms. The van der Waals surface area contributed by atoms with E-state index in [2.05, 4.69) is 64.6 Å². The number of nitrogens with zero attached hydrogens (tertiary/aromatic N) is 4. The van der Waals surface area contributed by atoms with Crippen LogP contribution in [0.2, 0.25) is 0 Å². The number of hydrogen-bond donors (Lipinski definition) is 1. The van der Waals surface area contributed by atoms with Gasteiger partial charge in [-0.2, -0.15) is 5.26 Å². The Kier molecular flexibility index (Phi) is 7.17. The Labute approximate surface area is 208 Å². The van der Waals surface area contributed by atoms with Crippen molar-refractivity contribution in [2.24, 2.45) is 0 Å². The number of amides is 1. The van der Waals surface area contributed by atoms with E-state index >= 15 is 0 Å². The number of anilines is 1. The zero-order chi connectivity index (χ0) is 24.2. The van der Waals surface area contributed by atoms with Crippen molar-refractivity contribution in [3.05, 3.63) is 64.7 Å². The molecule has 182 valence electrons. The molecule has 2 aliphatic heterocycles. The number of rotatable bonds is 6. The molecule has 2 saturated heterocycles. The number of nitriles is 1. The van der Waals surface area contributed by atoms with Crippen LogP contribution < -0.4 is 10.2 Å². The van der Waals surface area contributed by atoms with Gasteiger partial charge in [0, 0.05) is 64.0 Å². The summed E-state index contributed by atoms with van der Waals surface area (Å²) in [4.78, 5) is 19.2. The number of nitrogens with one attached hydrogen (secondary N) is 1. The molecule has 3 aliphatic rings. The number of carbonyl (C=O) groups is 1. The lowest BCUT2D eigenvalue weighted by Gasteiger charge is -2.35. The highest BCUT2D eigenvalue weighted by atomic mass is 16.2. The van der Waals surface area contributed by atoms with E-state index in [0.717, 1.165) is 70.6 Å². The van der Waals surface area contributed by atoms with E-state index in [-0.39, 0.29) is 5.91 Å². The molecule has 6 nitrogen and oxygen atoms in total. The number of benzene rings is 2. The van der Waals surface area contributed by atoms with Crippen LogP contribution in [0.1, 0.15) is 41.5 Å². The molecule has 0 unspecified atom stereocenters. The molecule has 2 fully saturated rings. The second-order valence-electron chi connectivity index (χ2n) is 10.1. The molecule has 0 atom stereocenters. The lowest BCUT2D eigenvalue weighted by atomic mass is 10.0. The number of hydrogen-bond acceptors (Lipinski definition) is 5. The second kappa shape index (κ2) is 10.6. The molecule has 2 aromatic carbocycles. The van der Waals surface area contributed by atoms with Crippen molar-refractivity contribution >= 4 is 23.2 Å². The monoisotopic (exact) mass is 469 g/mol. The van der Waals surface area contributed by atoms with E-state index in [0.29, 0.717) is 12.5 Å². The summed E-state index contributed by atoms with van der Waals surface area (Å²) in [7, 11) is 2.11. The highest BCUT2D eigenvalue weighted by Crippen LogP contribution is 2.34. The molecule has 2 heterocycles. The predicted octanol–water partition coefficient (Wildman–Crippen LogP) is 3.38. The first-order valence-electron chi connectivity index (χ1n) is 12.9. The van der Waals surface area contributed by atoms with Crippen LogP contribution in [0.25, 0.3) is 11.6 Å². The first-order chi connectivity index (χ1) is 17.1. The van der Waals surface area contributed by atoms with E-state index in [4.69, 9.17) is 0 Å². The van der Waals surface area contributed by atoms with Gasteiger partial charge in [-0.15, -0.1) is 0 Å². The SMILES string of the molecule is CN1CCN(C(=O)CCNC2CCN(c3cccc(C4=Cc5cc(C#N)ccc5C4)c3)CC2)CC1. The summed E-state index contributed by atoms with van der Waals surface area (Å²) in [5, 5.41) is 12.8. The van der Waals surface area contributed by atoms with Gasteiger partial charge >= 0.3 is 0 Å². The van der Waals surface area contributed by atoms with Gasteiger partial charge in [0.25, 0.3) is 0 Å². The summed E-state index contributed by atoms with van der Waals surface area (Å²) in [5.41, 5.74) is 7.04. The van der Waals surface area contributed by atoms with Crippen LogP contribution in [0, 0.1) is 11.3 Å². The van der Waals surface area contributed by atoms with Crippen LogP contribution >= 0.6 is 0 Å². The molecule has 0 bridgehead atoms. The second-order valence-corrected chi connectivity index (χ2v) is 10.1. The first kappa shape index (κ1) is 23.6. The molecule has 35 heavy (non-hydrogen) atoms. The van der Waals surface area contributed by atoms with Gasteiger partial charge in [-0.05, 0) is 72.8 Å². The molecule has 0 radical (unpaired) electrons. The minimum Gasteiger partial charge on any atom is -0.371 e. The maximum Gasteiger partial charge on any atom is 0.223 e. The molecular formula is C29H35N5O. The first-order valence-corrected chi connectivity index (χ1v) is 12.9. The minimum absolute atomic E-state index is 0.284. The zero-order valence-electron chi connectivity index (χ0n) is 20.7. The summed E-state index contributed by atoms with van der Waals surface area (Å²) < 4.78 is 0. The van der Waals surface area contributed by atoms with Crippen molar-refractivity contribution < 1.29 is 4.79 Å². The maximum absolute atomic E-state index is 12.5. The molecule has 0 saturated carbocycles. The third-order valence-corrected chi connectivity index (χ3v) is 7.69. The van der Waals surface area contributed by atoms with Crippen molar-refractivity contribution in [2.45, 2.75) is 31.7 Å². The van der Waals surface area contributed by atoms with Gasteiger partial charge in [-0.25, -0.2) is 0 Å². The van der Waals surface area contributed by atoms with Gasteiger partial charge in [0.15, 0.2) is 0 Å². The van der Waals surface area contributed by atoms with Crippen LogP contribution in [0.5, 0.6) is 0 Å². The van der Waals surface area contributed by atoms with E-state index in [9.17, 15) is 10.1 Å². The number of fused-ring (bicyclic) bond motifs is 1. The van der Waals surface area contributed by atoms with Gasteiger partial charge in [-0.3, -0.25) is 4.79 Å². The van der Waals surface area contributed by atoms with Gasteiger partial charge in [0.2, 0.25) is 5.91 Å². The van der Waals surface area contributed by atoms with Crippen molar-refractivity contribution in [1.29, 1.82) is 5.26 Å². The van der Waals surface area contributed by atoms with Crippen LogP contribution in [0.15, 0.2) is 42.5 Å². The Morgan fingerprint density at radius 2 is 1.86 bits per heavy atom. The quantitative estimate of drug-likeness (QED) is 0.703. The van der Waals surface area contributed by atoms with Gasteiger partial charge in [0.05, 0.1) is 11.6 Å². The Hall–Kier alpha value is -3.14. The molecule has 1 N–H and O–H groups in total. The lowest BCUT2D eigenvalue weighted by Crippen LogP contribution is -2.48. The fourth-order valence-electron chi connectivity index (χ4n) is 5.43. The molecular weight excluding hydrogens is 434 g/mol. The van der Waals surface area contributed by atoms with E-state index in [1.54, 1.807) is 0 Å². The topological polar surface area (TPSA) is 62.6 Å². The predicted molar refractivity (Wildman–Crippen MR) is 141 cm³/mol. The molecule has 1 aliphatic carbocycles. The lowest BCUT2D eigenvalue weighted by molar-refractivity contribution is -0.132. The smallest absolute Gasteiger partial charge is 0.223 e. The largest absolute Gasteiger partial charge is 0.371 e. The van der Waals surface area contributed by atoms with Crippen molar-refractivity contribution in [2.75, 3.05) is 57.8 Å². The van der Waals surface area contributed by atoms with Crippen LogP contribution in [-0.2, 0) is 11.2 Å². The van der Waals surface area contributed by atoms with E-state index in [1.807, 2.05) is 17.0 Å². The van der Waals surface area contributed by atoms with Crippen molar-refractivity contribution in [1.82, 2.24) is 15.1 Å². The zero-order valence-corrected chi connectivity index (χ0v) is 20.7. The highest BCUT2D eigenvalue weighted by Gasteiger charge is 2.22. The normalized spacial score (nSPS) is 18.8. The standard InChI is InChI=1S/C29H35N5O/c1-32-13-15-34(16-14-32)29(35)7-10-31-27-8-11-33(12-9-27)28-4-2-3-23(20-28)26-18-24-6-5-22(21-30)17-25(24)19-26/h2-6,17,19-20,27,31H,7-16,18H2,1H3. The molecule has 5 rings (SSSR count). The average Bonchev–Trinajstić information content (AvgIpc) is 3.33. The summed E-state index contributed by atoms with van der Waals surface area (Å²) in [5.74, 6) is 0.284. The molecule has 1 amide bonds. The summed E-state index contributed by atoms with van der Waals surface area (Å²) in [6, 6.07) is 17.6. The summed E-state index contributed by atoms with van der Waals surface area (Å²) >= 11 is 0. The molecule has 2 aromatic rings. The van der Waals surface area contributed by atoms with Crippen LogP contribution in [-0.4, -0.2) is 74.6 Å². The van der Waals surface area contributed by atoms with Gasteiger partial charge in [0.1, 0.15) is 0 Å². The minimum atomic E-state index is 0.284. The van der Waals surface area contributed by atoms with Crippen molar-refractivity contribution in [3.63, 3.8) is 0 Å². The summed E-state index contributed by atoms with van der Waals surface area (Å²) in [6.45, 7) is 6.49. The number of piperazine rings is 1. The Bertz CT molecular complexity index is 1130. The summed E-state index contributed by atoms with van der Waals surface area (Å²) in [6.07, 6.45) is 5.94. The van der Waals surface area contributed by atoms with Crippen molar-refractivity contribution in [3.8, 4) is 6.07 Å². The fourth-order valence-corrected chi connectivity index (χ4v) is 5.43. The van der Waals surface area contributed by atoms with Crippen LogP contribution in [0.4, 0.5) is 5.69 Å². The number of allylic oxidation sites excluding steroid dienone is 1. The Morgan fingerprint density at radius 1 is 1.06 bits per heavy atom. The third kappa shape index (κ3) is 5.58. The maximum atomic E-state index is 12.5. The van der Waals surface area contributed by atoms with Crippen LogP contribution in [0.3, 0.4) is 0 Å². The van der Waals surface area contributed by atoms with Gasteiger partial charge in [-0.1, -0.05) is 24.3 Å². The Morgan fingerprint density at radius 3 is 2.63 bits per heavy atom.